The zero-order valence-electron chi connectivity index (χ0n) is 12.0. The highest BCUT2D eigenvalue weighted by Gasteiger charge is 2.09. The molecule has 0 saturated carbocycles. The van der Waals surface area contributed by atoms with Crippen LogP contribution in [0, 0.1) is 0 Å². The van der Waals surface area contributed by atoms with Gasteiger partial charge in [0.2, 0.25) is 11.8 Å². The minimum atomic E-state index is 0.508. The minimum absolute atomic E-state index is 0.508. The third-order valence-corrected chi connectivity index (χ3v) is 3.45. The van der Waals surface area contributed by atoms with Gasteiger partial charge in [-0.15, -0.1) is 0 Å². The van der Waals surface area contributed by atoms with Gasteiger partial charge in [-0.1, -0.05) is 12.6 Å². The third kappa shape index (κ3) is 2.48. The van der Waals surface area contributed by atoms with Gasteiger partial charge in [-0.05, 0) is 40.3 Å². The molecule has 0 saturated heterocycles. The van der Waals surface area contributed by atoms with Gasteiger partial charge in [0.15, 0.2) is 0 Å². The summed E-state index contributed by atoms with van der Waals surface area (Å²) in [6.07, 6.45) is 1.93. The molecule has 2 aromatic heterocycles. The first-order valence-electron chi connectivity index (χ1n) is 6.58. The largest absolute Gasteiger partial charge is 0.481 e. The van der Waals surface area contributed by atoms with E-state index < -0.39 is 0 Å². The van der Waals surface area contributed by atoms with Gasteiger partial charge in [0.1, 0.15) is 0 Å². The molecule has 0 aliphatic carbocycles. The highest BCUT2D eigenvalue weighted by Crippen LogP contribution is 2.28. The van der Waals surface area contributed by atoms with Crippen molar-refractivity contribution < 1.29 is 9.47 Å². The molecule has 0 unspecified atom stereocenters. The van der Waals surface area contributed by atoms with Crippen molar-refractivity contribution in [1.29, 1.82) is 0 Å². The van der Waals surface area contributed by atoms with Crippen LogP contribution in [0.2, 0.25) is 0 Å². The number of rotatable bonds is 4. The van der Waals surface area contributed by atoms with Crippen LogP contribution in [0.25, 0.3) is 16.5 Å². The average molecular weight is 280 g/mol. The summed E-state index contributed by atoms with van der Waals surface area (Å²) in [6, 6.07) is 11.9. The molecule has 1 N–H and O–H groups in total. The van der Waals surface area contributed by atoms with Crippen LogP contribution in [0.5, 0.6) is 11.8 Å². The predicted octanol–water partition coefficient (Wildman–Crippen LogP) is 3.64. The number of nitrogens with zero attached hydrogens (tertiary/aromatic N) is 1. The second-order valence-corrected chi connectivity index (χ2v) is 4.70. The topological polar surface area (TPSA) is 47.1 Å². The second-order valence-electron chi connectivity index (χ2n) is 4.70. The number of aromatic nitrogens is 2. The Morgan fingerprint density at radius 3 is 2.38 bits per heavy atom. The van der Waals surface area contributed by atoms with Crippen molar-refractivity contribution in [2.24, 2.45) is 0 Å². The Kier molecular flexibility index (Phi) is 3.36. The molecule has 4 nitrogen and oxygen atoms in total. The molecule has 4 heteroatoms. The Morgan fingerprint density at radius 1 is 1.00 bits per heavy atom. The third-order valence-electron chi connectivity index (χ3n) is 3.45. The quantitative estimate of drug-likeness (QED) is 0.793. The summed E-state index contributed by atoms with van der Waals surface area (Å²) in [5, 5.41) is 1.15. The van der Waals surface area contributed by atoms with E-state index in [2.05, 4.69) is 22.6 Å². The maximum atomic E-state index is 5.20. The Hall–Kier alpha value is -2.75. The number of hydrogen-bond acceptors (Lipinski definition) is 3. The smallest absolute Gasteiger partial charge is 0.216 e. The standard InChI is InChI=1S/C17H16N2O2/c1-11(12-4-5-15-13(8-12)6-7-18-15)14-9-16(20-2)19-17(10-14)21-3/h4-10,18H,1H2,2-3H3. The first kappa shape index (κ1) is 13.2. The lowest BCUT2D eigenvalue weighted by Gasteiger charge is -2.10. The monoisotopic (exact) mass is 280 g/mol. The van der Waals surface area contributed by atoms with Crippen molar-refractivity contribution in [2.75, 3.05) is 14.2 Å². The van der Waals surface area contributed by atoms with E-state index in [1.807, 2.05) is 36.5 Å². The number of nitrogens with one attached hydrogen (secondary N) is 1. The second kappa shape index (κ2) is 5.32. The summed E-state index contributed by atoms with van der Waals surface area (Å²) < 4.78 is 10.4. The molecule has 3 rings (SSSR count). The summed E-state index contributed by atoms with van der Waals surface area (Å²) in [7, 11) is 3.17. The highest BCUT2D eigenvalue weighted by molar-refractivity contribution is 5.87. The lowest BCUT2D eigenvalue weighted by molar-refractivity contribution is 0.364. The van der Waals surface area contributed by atoms with E-state index in [-0.39, 0.29) is 0 Å². The Labute approximate surface area is 123 Å². The van der Waals surface area contributed by atoms with Crippen molar-refractivity contribution in [3.63, 3.8) is 0 Å². The molecule has 0 aliphatic rings. The number of pyridine rings is 1. The van der Waals surface area contributed by atoms with Crippen molar-refractivity contribution in [3.05, 3.63) is 60.3 Å². The van der Waals surface area contributed by atoms with Gasteiger partial charge in [0, 0.05) is 23.8 Å². The number of aromatic amines is 1. The van der Waals surface area contributed by atoms with Gasteiger partial charge in [0.25, 0.3) is 0 Å². The Bertz CT molecular complexity index is 783. The molecule has 0 fully saturated rings. The van der Waals surface area contributed by atoms with E-state index in [0.717, 1.165) is 27.6 Å². The number of H-pyrrole nitrogens is 1. The molecule has 21 heavy (non-hydrogen) atoms. The summed E-state index contributed by atoms with van der Waals surface area (Å²) in [5.74, 6) is 1.02. The van der Waals surface area contributed by atoms with E-state index >= 15 is 0 Å². The number of ether oxygens (including phenoxy) is 2. The SMILES string of the molecule is C=C(c1cc(OC)nc(OC)c1)c1ccc2[nH]ccc2c1. The van der Waals surface area contributed by atoms with Crippen LogP contribution in [-0.4, -0.2) is 24.2 Å². The predicted molar refractivity (Wildman–Crippen MR) is 83.8 cm³/mol. The fourth-order valence-electron chi connectivity index (χ4n) is 2.27. The van der Waals surface area contributed by atoms with Crippen LogP contribution in [0.4, 0.5) is 0 Å². The molecule has 0 aliphatic heterocycles. The average Bonchev–Trinajstić information content (AvgIpc) is 3.01. The zero-order valence-corrected chi connectivity index (χ0v) is 12.0. The van der Waals surface area contributed by atoms with Crippen molar-refractivity contribution in [3.8, 4) is 11.8 Å². The lowest BCUT2D eigenvalue weighted by Crippen LogP contribution is -1.95. The van der Waals surface area contributed by atoms with Crippen LogP contribution in [0.3, 0.4) is 0 Å². The molecule has 3 aromatic rings. The number of methoxy groups -OCH3 is 2. The maximum absolute atomic E-state index is 5.20. The van der Waals surface area contributed by atoms with Gasteiger partial charge in [0.05, 0.1) is 14.2 Å². The van der Waals surface area contributed by atoms with Crippen LogP contribution in [0.1, 0.15) is 11.1 Å². The van der Waals surface area contributed by atoms with Crippen molar-refractivity contribution in [2.45, 2.75) is 0 Å². The highest BCUT2D eigenvalue weighted by atomic mass is 16.5. The molecule has 106 valence electrons. The van der Waals surface area contributed by atoms with Crippen LogP contribution < -0.4 is 9.47 Å². The molecule has 2 heterocycles. The van der Waals surface area contributed by atoms with Gasteiger partial charge in [-0.2, -0.15) is 4.98 Å². The van der Waals surface area contributed by atoms with Gasteiger partial charge >= 0.3 is 0 Å². The van der Waals surface area contributed by atoms with Gasteiger partial charge in [-0.3, -0.25) is 0 Å². The summed E-state index contributed by atoms with van der Waals surface area (Å²) >= 11 is 0. The van der Waals surface area contributed by atoms with Crippen LogP contribution >= 0.6 is 0 Å². The molecule has 0 radical (unpaired) electrons. The first-order valence-corrected chi connectivity index (χ1v) is 6.58. The van der Waals surface area contributed by atoms with Crippen molar-refractivity contribution >= 4 is 16.5 Å². The Balaban J connectivity index is 2.04. The number of hydrogen-bond donors (Lipinski definition) is 1. The van der Waals surface area contributed by atoms with E-state index in [4.69, 9.17) is 9.47 Å². The molecule has 0 amide bonds. The summed E-state index contributed by atoms with van der Waals surface area (Å²) in [5.41, 5.74) is 3.99. The van der Waals surface area contributed by atoms with Crippen LogP contribution in [-0.2, 0) is 0 Å². The fourth-order valence-corrected chi connectivity index (χ4v) is 2.27. The van der Waals surface area contributed by atoms with Gasteiger partial charge < -0.3 is 14.5 Å². The Morgan fingerprint density at radius 2 is 1.71 bits per heavy atom. The maximum Gasteiger partial charge on any atom is 0.216 e. The normalized spacial score (nSPS) is 10.6. The zero-order chi connectivity index (χ0) is 14.8. The molecule has 0 spiro atoms. The molecular weight excluding hydrogens is 264 g/mol. The lowest BCUT2D eigenvalue weighted by atomic mass is 9.99. The molecule has 0 atom stereocenters. The van der Waals surface area contributed by atoms with Crippen molar-refractivity contribution in [1.82, 2.24) is 9.97 Å². The minimum Gasteiger partial charge on any atom is -0.481 e. The van der Waals surface area contributed by atoms with Gasteiger partial charge in [-0.25, -0.2) is 0 Å². The van der Waals surface area contributed by atoms with Crippen LogP contribution in [0.15, 0.2) is 49.2 Å². The van der Waals surface area contributed by atoms with E-state index in [1.54, 1.807) is 14.2 Å². The summed E-state index contributed by atoms with van der Waals surface area (Å²) in [6.45, 7) is 4.19. The van der Waals surface area contributed by atoms with E-state index in [0.29, 0.717) is 11.8 Å². The molecule has 0 bridgehead atoms. The molecule has 1 aromatic carbocycles. The number of benzene rings is 1. The number of fused-ring (bicyclic) bond motifs is 1. The summed E-state index contributed by atoms with van der Waals surface area (Å²) in [4.78, 5) is 7.38. The molecular formula is C17H16N2O2. The van der Waals surface area contributed by atoms with E-state index in [9.17, 15) is 0 Å². The first-order chi connectivity index (χ1) is 10.2. The van der Waals surface area contributed by atoms with E-state index in [1.165, 1.54) is 0 Å². The fraction of sp³-hybridized carbons (Fsp3) is 0.118.